The summed E-state index contributed by atoms with van der Waals surface area (Å²) in [5.74, 6) is 0.525. The highest BCUT2D eigenvalue weighted by Crippen LogP contribution is 2.26. The van der Waals surface area contributed by atoms with Crippen molar-refractivity contribution in [3.63, 3.8) is 0 Å². The number of H-pyrrole nitrogens is 1. The summed E-state index contributed by atoms with van der Waals surface area (Å²) in [5, 5.41) is 7.33. The van der Waals surface area contributed by atoms with Gasteiger partial charge < -0.3 is 10.3 Å². The Kier molecular flexibility index (Phi) is 4.19. The predicted octanol–water partition coefficient (Wildman–Crippen LogP) is 2.91. The van der Waals surface area contributed by atoms with Crippen molar-refractivity contribution in [2.24, 2.45) is 7.05 Å². The van der Waals surface area contributed by atoms with Gasteiger partial charge in [-0.15, -0.1) is 0 Å². The van der Waals surface area contributed by atoms with E-state index in [9.17, 15) is 4.79 Å². The van der Waals surface area contributed by atoms with Crippen molar-refractivity contribution in [3.05, 3.63) is 65.5 Å². The molecular formula is C20H20N6O. The lowest BCUT2D eigenvalue weighted by molar-refractivity contribution is 0.0949. The number of fused-ring (bicyclic) bond motifs is 1. The largest absolute Gasteiger partial charge is 0.345 e. The fourth-order valence-corrected chi connectivity index (χ4v) is 3.25. The number of nitrogens with one attached hydrogen (secondary N) is 2. The second-order valence-electron chi connectivity index (χ2n) is 6.52. The number of nitrogens with zero attached hydrogens (tertiary/aromatic N) is 4. The maximum Gasteiger partial charge on any atom is 0.253 e. The van der Waals surface area contributed by atoms with E-state index in [1.165, 1.54) is 0 Å². The second kappa shape index (κ2) is 6.68. The monoisotopic (exact) mass is 360 g/mol. The van der Waals surface area contributed by atoms with E-state index in [-0.39, 0.29) is 5.91 Å². The highest BCUT2D eigenvalue weighted by Gasteiger charge is 2.14. The van der Waals surface area contributed by atoms with Crippen molar-refractivity contribution in [2.75, 3.05) is 0 Å². The molecule has 7 nitrogen and oxygen atoms in total. The predicted molar refractivity (Wildman–Crippen MR) is 103 cm³/mol. The van der Waals surface area contributed by atoms with E-state index < -0.39 is 0 Å². The van der Waals surface area contributed by atoms with Crippen molar-refractivity contribution >= 4 is 16.9 Å². The molecule has 4 aromatic rings. The van der Waals surface area contributed by atoms with Crippen LogP contribution in [0.2, 0.25) is 0 Å². The summed E-state index contributed by atoms with van der Waals surface area (Å²) < 4.78 is 1.83. The van der Waals surface area contributed by atoms with Crippen molar-refractivity contribution < 1.29 is 4.79 Å². The summed E-state index contributed by atoms with van der Waals surface area (Å²) in [5.41, 5.74) is 6.18. The summed E-state index contributed by atoms with van der Waals surface area (Å²) in [7, 11) is 1.91. The molecule has 7 heteroatoms. The maximum atomic E-state index is 12.6. The van der Waals surface area contributed by atoms with Crippen LogP contribution in [0.5, 0.6) is 0 Å². The van der Waals surface area contributed by atoms with E-state index in [4.69, 9.17) is 0 Å². The van der Waals surface area contributed by atoms with Crippen LogP contribution in [0.1, 0.15) is 27.6 Å². The number of amides is 1. The van der Waals surface area contributed by atoms with Gasteiger partial charge in [0.05, 0.1) is 28.8 Å². The van der Waals surface area contributed by atoms with Crippen LogP contribution in [0.15, 0.2) is 42.7 Å². The van der Waals surface area contributed by atoms with Gasteiger partial charge in [0, 0.05) is 36.3 Å². The fourth-order valence-electron chi connectivity index (χ4n) is 3.25. The van der Waals surface area contributed by atoms with E-state index in [1.807, 2.05) is 55.9 Å². The number of hydrogen-bond acceptors (Lipinski definition) is 4. The summed E-state index contributed by atoms with van der Waals surface area (Å²) in [4.78, 5) is 24.5. The van der Waals surface area contributed by atoms with Crippen LogP contribution < -0.4 is 5.32 Å². The molecule has 0 unspecified atom stereocenters. The Morgan fingerprint density at radius 1 is 1.22 bits per heavy atom. The minimum atomic E-state index is -0.191. The highest BCUT2D eigenvalue weighted by molar-refractivity contribution is 5.95. The van der Waals surface area contributed by atoms with Gasteiger partial charge in [-0.05, 0) is 32.0 Å². The number of aryl methyl sites for hydroxylation is 2. The molecule has 0 saturated heterocycles. The minimum absolute atomic E-state index is 0.191. The molecule has 0 saturated carbocycles. The molecule has 4 rings (SSSR count). The first-order chi connectivity index (χ1) is 13.0. The zero-order chi connectivity index (χ0) is 19.0. The van der Waals surface area contributed by atoms with Gasteiger partial charge in [-0.3, -0.25) is 14.5 Å². The summed E-state index contributed by atoms with van der Waals surface area (Å²) >= 11 is 0. The topological polar surface area (TPSA) is 88.5 Å². The molecule has 1 amide bonds. The Balaban J connectivity index is 1.54. The first kappa shape index (κ1) is 17.0. The van der Waals surface area contributed by atoms with Gasteiger partial charge in [-0.1, -0.05) is 12.1 Å². The molecule has 27 heavy (non-hydrogen) atoms. The summed E-state index contributed by atoms with van der Waals surface area (Å²) in [6, 6.07) is 9.62. The fraction of sp³-hybridized carbons (Fsp3) is 0.200. The molecule has 0 bridgehead atoms. The normalized spacial score (nSPS) is 11.1. The Morgan fingerprint density at radius 2 is 2.04 bits per heavy atom. The van der Waals surface area contributed by atoms with Gasteiger partial charge >= 0.3 is 0 Å². The van der Waals surface area contributed by atoms with Crippen LogP contribution in [-0.4, -0.2) is 30.6 Å². The lowest BCUT2D eigenvalue weighted by Gasteiger charge is -2.06. The van der Waals surface area contributed by atoms with Crippen LogP contribution in [0.25, 0.3) is 22.2 Å². The molecule has 2 N–H and O–H groups in total. The average Bonchev–Trinajstić information content (AvgIpc) is 3.19. The summed E-state index contributed by atoms with van der Waals surface area (Å²) in [6.45, 7) is 4.28. The molecule has 3 aromatic heterocycles. The maximum absolute atomic E-state index is 12.6. The highest BCUT2D eigenvalue weighted by atomic mass is 16.1. The first-order valence-corrected chi connectivity index (χ1v) is 8.70. The molecule has 0 aliphatic heterocycles. The van der Waals surface area contributed by atoms with Gasteiger partial charge in [0.2, 0.25) is 0 Å². The van der Waals surface area contributed by atoms with Crippen molar-refractivity contribution in [2.45, 2.75) is 20.4 Å². The van der Waals surface area contributed by atoms with E-state index >= 15 is 0 Å². The Hall–Kier alpha value is -3.48. The minimum Gasteiger partial charge on any atom is -0.345 e. The zero-order valence-corrected chi connectivity index (χ0v) is 15.4. The number of aromatic nitrogens is 5. The number of hydrogen-bond donors (Lipinski definition) is 2. The standard InChI is InChI=1S/C20H20N6O/c1-12-19(13(2)26(3)25-12)14-8-15(10-21-9-14)20(27)22-11-18-23-16-6-4-5-7-17(16)24-18/h4-10H,11H2,1-3H3,(H,22,27)(H,23,24). The lowest BCUT2D eigenvalue weighted by atomic mass is 10.0. The number of para-hydroxylation sites is 2. The molecule has 0 aliphatic rings. The third-order valence-corrected chi connectivity index (χ3v) is 4.65. The summed E-state index contributed by atoms with van der Waals surface area (Å²) in [6.07, 6.45) is 3.32. The molecule has 0 radical (unpaired) electrons. The molecule has 0 aliphatic carbocycles. The smallest absolute Gasteiger partial charge is 0.253 e. The van der Waals surface area contributed by atoms with E-state index in [0.29, 0.717) is 17.9 Å². The lowest BCUT2D eigenvalue weighted by Crippen LogP contribution is -2.23. The van der Waals surface area contributed by atoms with Gasteiger partial charge in [0.25, 0.3) is 5.91 Å². The van der Waals surface area contributed by atoms with E-state index in [0.717, 1.165) is 33.5 Å². The molecule has 1 aromatic carbocycles. The molecule has 0 fully saturated rings. The van der Waals surface area contributed by atoms with Crippen LogP contribution in [0, 0.1) is 13.8 Å². The average molecular weight is 360 g/mol. The third-order valence-electron chi connectivity index (χ3n) is 4.65. The van der Waals surface area contributed by atoms with Gasteiger partial charge in [-0.2, -0.15) is 5.10 Å². The van der Waals surface area contributed by atoms with Crippen molar-refractivity contribution in [1.29, 1.82) is 0 Å². The van der Waals surface area contributed by atoms with Gasteiger partial charge in [-0.25, -0.2) is 4.98 Å². The number of pyridine rings is 1. The third kappa shape index (κ3) is 3.19. The Labute approximate surface area is 156 Å². The quantitative estimate of drug-likeness (QED) is 0.586. The Bertz CT molecular complexity index is 1110. The van der Waals surface area contributed by atoms with Crippen molar-refractivity contribution in [3.8, 4) is 11.1 Å². The SMILES string of the molecule is Cc1nn(C)c(C)c1-c1cncc(C(=O)NCc2nc3ccccc3[nH]2)c1. The molecule has 0 atom stereocenters. The van der Waals surface area contributed by atoms with Crippen LogP contribution in [-0.2, 0) is 13.6 Å². The molecule has 0 spiro atoms. The van der Waals surface area contributed by atoms with Crippen LogP contribution in [0.3, 0.4) is 0 Å². The van der Waals surface area contributed by atoms with Gasteiger partial charge in [0.15, 0.2) is 0 Å². The molecular weight excluding hydrogens is 340 g/mol. The number of imidazole rings is 1. The van der Waals surface area contributed by atoms with E-state index in [1.54, 1.807) is 12.4 Å². The van der Waals surface area contributed by atoms with Crippen LogP contribution >= 0.6 is 0 Å². The zero-order valence-electron chi connectivity index (χ0n) is 15.4. The number of aromatic amines is 1. The second-order valence-corrected chi connectivity index (χ2v) is 6.52. The molecule has 136 valence electrons. The van der Waals surface area contributed by atoms with Gasteiger partial charge in [0.1, 0.15) is 5.82 Å². The number of rotatable bonds is 4. The molecule has 3 heterocycles. The first-order valence-electron chi connectivity index (χ1n) is 8.70. The van der Waals surface area contributed by atoms with Crippen LogP contribution in [0.4, 0.5) is 0 Å². The van der Waals surface area contributed by atoms with E-state index in [2.05, 4.69) is 25.4 Å². The van der Waals surface area contributed by atoms with Crippen molar-refractivity contribution in [1.82, 2.24) is 30.0 Å². The Morgan fingerprint density at radius 3 is 2.78 bits per heavy atom. The number of carbonyl (C=O) groups excluding carboxylic acids is 1. The number of benzene rings is 1. The number of carbonyl (C=O) groups is 1.